The van der Waals surface area contributed by atoms with Gasteiger partial charge in [0.25, 0.3) is 0 Å². The highest BCUT2D eigenvalue weighted by Crippen LogP contribution is 2.17. The van der Waals surface area contributed by atoms with E-state index in [0.29, 0.717) is 17.0 Å². The molecule has 0 spiro atoms. The molecule has 2 heteroatoms. The fourth-order valence-electron chi connectivity index (χ4n) is 0.639. The summed E-state index contributed by atoms with van der Waals surface area (Å²) in [6.07, 6.45) is 5.74. The molecule has 46 valence electrons. The molecule has 0 radical (unpaired) electrons. The largest absolute Gasteiger partial charge is 0.233 e. The molecule has 0 atom stereocenters. The van der Waals surface area contributed by atoms with Gasteiger partial charge < -0.3 is 0 Å². The molecule has 9 heavy (non-hydrogen) atoms. The van der Waals surface area contributed by atoms with E-state index in [1.54, 1.807) is 24.2 Å². The molecule has 0 N–H and O–H groups in total. The van der Waals surface area contributed by atoms with Gasteiger partial charge in [0.05, 0.1) is 0 Å². The van der Waals surface area contributed by atoms with Crippen molar-refractivity contribution in [3.8, 4) is 0 Å². The molecule has 0 saturated carbocycles. The van der Waals surface area contributed by atoms with Crippen molar-refractivity contribution in [3.63, 3.8) is 0 Å². The summed E-state index contributed by atoms with van der Waals surface area (Å²) >= 11 is 5.60. The topological polar surface area (TPSA) is 17.1 Å². The summed E-state index contributed by atoms with van der Waals surface area (Å²) in [4.78, 5) is 10.0. The molecular weight excluding hydrogens is 136 g/mol. The van der Waals surface area contributed by atoms with Crippen LogP contribution in [0.15, 0.2) is 28.8 Å². The summed E-state index contributed by atoms with van der Waals surface area (Å²) in [5.74, 6) is 1.79. The normalized spacial score (nSPS) is 17.0. The van der Waals surface area contributed by atoms with Crippen LogP contribution in [-0.2, 0) is 4.79 Å². The Hall–Kier alpha value is -0.780. The maximum Gasteiger partial charge on any atom is 0.128 e. The van der Waals surface area contributed by atoms with E-state index < -0.39 is 0 Å². The molecule has 1 rings (SSSR count). The molecule has 1 nitrogen and oxygen atoms in total. The standard InChI is InChI=1S/C7H5ClO/c8-7-3-1-2-6(4-7)5-9/h1-3H,4H2. The van der Waals surface area contributed by atoms with Crippen molar-refractivity contribution in [1.29, 1.82) is 0 Å². The first kappa shape index (κ1) is 6.34. The molecule has 0 bridgehead atoms. The Balaban J connectivity index is 2.85. The minimum Gasteiger partial charge on any atom is -0.233 e. The first-order valence-corrected chi connectivity index (χ1v) is 2.97. The lowest BCUT2D eigenvalue weighted by atomic mass is 10.1. The molecule has 0 aromatic heterocycles. The zero-order chi connectivity index (χ0) is 6.69. The van der Waals surface area contributed by atoms with E-state index in [0.717, 1.165) is 0 Å². The fourth-order valence-corrected chi connectivity index (χ4v) is 0.855. The first-order valence-electron chi connectivity index (χ1n) is 2.59. The summed E-state index contributed by atoms with van der Waals surface area (Å²) in [5, 5.41) is 0.691. The fraction of sp³-hybridized carbons (Fsp3) is 0.143. The highest BCUT2D eigenvalue weighted by molar-refractivity contribution is 6.30. The molecule has 0 fully saturated rings. The van der Waals surface area contributed by atoms with E-state index in [4.69, 9.17) is 11.6 Å². The van der Waals surface area contributed by atoms with Gasteiger partial charge in [-0.25, -0.2) is 4.79 Å². The van der Waals surface area contributed by atoms with E-state index in [1.165, 1.54) is 0 Å². The van der Waals surface area contributed by atoms with Crippen molar-refractivity contribution in [3.05, 3.63) is 28.8 Å². The summed E-state index contributed by atoms with van der Waals surface area (Å²) in [7, 11) is 0. The van der Waals surface area contributed by atoms with E-state index >= 15 is 0 Å². The summed E-state index contributed by atoms with van der Waals surface area (Å²) in [6, 6.07) is 0. The third kappa shape index (κ3) is 1.56. The van der Waals surface area contributed by atoms with Crippen LogP contribution < -0.4 is 0 Å². The summed E-state index contributed by atoms with van der Waals surface area (Å²) in [6.45, 7) is 0. The number of hydrogen-bond acceptors (Lipinski definition) is 1. The number of rotatable bonds is 0. The Morgan fingerprint density at radius 3 is 2.89 bits per heavy atom. The zero-order valence-corrected chi connectivity index (χ0v) is 5.48. The van der Waals surface area contributed by atoms with Crippen LogP contribution in [0.4, 0.5) is 0 Å². The second-order valence-electron chi connectivity index (χ2n) is 1.78. The lowest BCUT2D eigenvalue weighted by Crippen LogP contribution is -1.84. The Morgan fingerprint density at radius 1 is 1.67 bits per heavy atom. The number of carbonyl (C=O) groups excluding carboxylic acids is 1. The molecule has 1 aliphatic carbocycles. The molecule has 0 amide bonds. The van der Waals surface area contributed by atoms with E-state index in [1.807, 2.05) is 0 Å². The second-order valence-corrected chi connectivity index (χ2v) is 2.26. The van der Waals surface area contributed by atoms with Crippen LogP contribution in [0, 0.1) is 0 Å². The van der Waals surface area contributed by atoms with E-state index in [-0.39, 0.29) is 0 Å². The third-order valence-corrected chi connectivity index (χ3v) is 1.32. The van der Waals surface area contributed by atoms with Crippen LogP contribution >= 0.6 is 11.6 Å². The van der Waals surface area contributed by atoms with Gasteiger partial charge in [-0.15, -0.1) is 0 Å². The minimum absolute atomic E-state index is 0.529. The van der Waals surface area contributed by atoms with Crippen molar-refractivity contribution in [2.45, 2.75) is 6.42 Å². The Kier molecular flexibility index (Phi) is 1.88. The number of hydrogen-bond donors (Lipinski definition) is 0. The molecule has 0 aliphatic heterocycles. The van der Waals surface area contributed by atoms with Crippen LogP contribution in [0.3, 0.4) is 0 Å². The molecule has 0 aromatic carbocycles. The first-order chi connectivity index (χ1) is 4.33. The van der Waals surface area contributed by atoms with Crippen molar-refractivity contribution in [2.24, 2.45) is 0 Å². The lowest BCUT2D eigenvalue weighted by molar-refractivity contribution is 0.567. The predicted molar refractivity (Wildman–Crippen MR) is 36.9 cm³/mol. The van der Waals surface area contributed by atoms with Crippen molar-refractivity contribution < 1.29 is 4.79 Å². The van der Waals surface area contributed by atoms with Gasteiger partial charge in [0.15, 0.2) is 0 Å². The van der Waals surface area contributed by atoms with Gasteiger partial charge in [-0.3, -0.25) is 0 Å². The van der Waals surface area contributed by atoms with Gasteiger partial charge >= 0.3 is 0 Å². The SMILES string of the molecule is O=C=C1C=CC=C(Cl)C1. The average Bonchev–Trinajstić information content (AvgIpc) is 1.88. The Labute approximate surface area is 58.3 Å². The highest BCUT2D eigenvalue weighted by Gasteiger charge is 2.00. The Morgan fingerprint density at radius 2 is 2.44 bits per heavy atom. The predicted octanol–water partition coefficient (Wildman–Crippen LogP) is 1.83. The summed E-state index contributed by atoms with van der Waals surface area (Å²) < 4.78 is 0. The van der Waals surface area contributed by atoms with Gasteiger partial charge in [-0.2, -0.15) is 0 Å². The molecule has 0 aromatic rings. The van der Waals surface area contributed by atoms with E-state index in [9.17, 15) is 4.79 Å². The van der Waals surface area contributed by atoms with Crippen LogP contribution in [0.1, 0.15) is 6.42 Å². The van der Waals surface area contributed by atoms with Crippen molar-refractivity contribution >= 4 is 17.5 Å². The van der Waals surface area contributed by atoms with E-state index in [2.05, 4.69) is 0 Å². The number of allylic oxidation sites excluding steroid dienone is 5. The molecule has 0 saturated heterocycles. The molecule has 0 unspecified atom stereocenters. The monoisotopic (exact) mass is 140 g/mol. The smallest absolute Gasteiger partial charge is 0.128 e. The van der Waals surface area contributed by atoms with Crippen LogP contribution in [0.5, 0.6) is 0 Å². The maximum absolute atomic E-state index is 10.0. The van der Waals surface area contributed by atoms with Gasteiger partial charge in [0.1, 0.15) is 5.94 Å². The van der Waals surface area contributed by atoms with Gasteiger partial charge in [0.2, 0.25) is 0 Å². The number of halogens is 1. The minimum atomic E-state index is 0.529. The second kappa shape index (κ2) is 2.67. The molecular formula is C7H5ClO. The quantitative estimate of drug-likeness (QED) is 0.469. The average molecular weight is 141 g/mol. The maximum atomic E-state index is 10.0. The van der Waals surface area contributed by atoms with Crippen LogP contribution in [0.2, 0.25) is 0 Å². The van der Waals surface area contributed by atoms with Gasteiger partial charge in [-0.1, -0.05) is 17.7 Å². The Bertz CT molecular complexity index is 219. The van der Waals surface area contributed by atoms with Crippen LogP contribution in [-0.4, -0.2) is 5.94 Å². The van der Waals surface area contributed by atoms with Crippen molar-refractivity contribution in [2.75, 3.05) is 0 Å². The third-order valence-electron chi connectivity index (χ3n) is 1.06. The zero-order valence-electron chi connectivity index (χ0n) is 4.73. The highest BCUT2D eigenvalue weighted by atomic mass is 35.5. The molecule has 0 heterocycles. The van der Waals surface area contributed by atoms with Gasteiger partial charge in [0, 0.05) is 17.0 Å². The summed E-state index contributed by atoms with van der Waals surface area (Å²) in [5.41, 5.74) is 0.613. The molecule has 1 aliphatic rings. The van der Waals surface area contributed by atoms with Gasteiger partial charge in [-0.05, 0) is 12.2 Å². The van der Waals surface area contributed by atoms with Crippen molar-refractivity contribution in [1.82, 2.24) is 0 Å². The lowest BCUT2D eigenvalue weighted by Gasteiger charge is -1.98. The van der Waals surface area contributed by atoms with Crippen LogP contribution in [0.25, 0.3) is 0 Å².